The minimum Gasteiger partial charge on any atom is -0.195 e. The van der Waals surface area contributed by atoms with E-state index in [1.807, 2.05) is 18.2 Å². The Morgan fingerprint density at radius 2 is 1.36 bits per heavy atom. The van der Waals surface area contributed by atoms with Gasteiger partial charge in [0.1, 0.15) is 6.07 Å². The number of nitriles is 2. The predicted octanol–water partition coefficient (Wildman–Crippen LogP) is 8.91. The molecule has 1 aromatic carbocycles. The van der Waals surface area contributed by atoms with Gasteiger partial charge in [-0.3, -0.25) is 0 Å². The first-order valence-corrected chi connectivity index (χ1v) is 13.1. The molecule has 0 aromatic heterocycles. The first-order valence-electron chi connectivity index (χ1n) is 13.1. The molecule has 0 bridgehead atoms. The van der Waals surface area contributed by atoms with E-state index in [1.54, 1.807) is 6.08 Å². The number of hydrogen-bond donors (Lipinski definition) is 0. The molecule has 2 saturated carbocycles. The SMILES string of the molecule is N#C/C(F)=C/C=C/CCC1CCC(CCCCC2CCC(c3ccc(C#N)cc3)CC2)CC1. The van der Waals surface area contributed by atoms with Crippen molar-refractivity contribution in [2.45, 2.75) is 95.8 Å². The largest absolute Gasteiger partial charge is 0.199 e. The standard InChI is InChI=1S/C30H39FN2/c31-30(23-33)9-3-1-2-6-24-10-12-25(13-11-24)7-4-5-8-26-14-18-28(19-15-26)29-20-16-27(22-32)17-21-29/h1,3,9,16-17,20-21,24-26,28H,2,4-8,10-15,18-19H2/b3-1+,30-9-. The highest BCUT2D eigenvalue weighted by Crippen LogP contribution is 2.38. The van der Waals surface area contributed by atoms with E-state index in [0.29, 0.717) is 5.92 Å². The highest BCUT2D eigenvalue weighted by molar-refractivity contribution is 5.33. The molecule has 1 aromatic rings. The summed E-state index contributed by atoms with van der Waals surface area (Å²) >= 11 is 0. The fourth-order valence-electron chi connectivity index (χ4n) is 5.91. The fourth-order valence-corrected chi connectivity index (χ4v) is 5.91. The maximum atomic E-state index is 12.7. The van der Waals surface area contributed by atoms with E-state index in [0.717, 1.165) is 29.7 Å². The molecule has 2 fully saturated rings. The lowest BCUT2D eigenvalue weighted by molar-refractivity contribution is 0.244. The molecule has 33 heavy (non-hydrogen) atoms. The van der Waals surface area contributed by atoms with Crippen LogP contribution in [0.15, 0.2) is 48.3 Å². The number of benzene rings is 1. The summed E-state index contributed by atoms with van der Waals surface area (Å²) in [5, 5.41) is 17.4. The van der Waals surface area contributed by atoms with Crippen LogP contribution in [0, 0.1) is 40.4 Å². The van der Waals surface area contributed by atoms with Crippen molar-refractivity contribution in [1.82, 2.24) is 0 Å². The van der Waals surface area contributed by atoms with Crippen LogP contribution in [-0.2, 0) is 0 Å². The highest BCUT2D eigenvalue weighted by Gasteiger charge is 2.23. The van der Waals surface area contributed by atoms with E-state index in [4.69, 9.17) is 10.5 Å². The summed E-state index contributed by atoms with van der Waals surface area (Å²) in [6, 6.07) is 11.9. The predicted molar refractivity (Wildman–Crippen MR) is 133 cm³/mol. The first kappa shape index (κ1) is 25.2. The average molecular weight is 447 g/mol. The molecule has 0 N–H and O–H groups in total. The van der Waals surface area contributed by atoms with Gasteiger partial charge in [-0.25, -0.2) is 0 Å². The molecule has 3 rings (SSSR count). The zero-order chi connectivity index (χ0) is 23.3. The highest BCUT2D eigenvalue weighted by atomic mass is 19.1. The third-order valence-electron chi connectivity index (χ3n) is 8.03. The quantitative estimate of drug-likeness (QED) is 0.205. The Balaban J connectivity index is 1.22. The second-order valence-electron chi connectivity index (χ2n) is 10.3. The minimum atomic E-state index is -0.720. The van der Waals surface area contributed by atoms with Gasteiger partial charge in [-0.1, -0.05) is 75.7 Å². The van der Waals surface area contributed by atoms with Crippen molar-refractivity contribution in [2.75, 3.05) is 0 Å². The van der Waals surface area contributed by atoms with E-state index in [-0.39, 0.29) is 0 Å². The first-order chi connectivity index (χ1) is 16.2. The van der Waals surface area contributed by atoms with Crippen molar-refractivity contribution >= 4 is 0 Å². The van der Waals surface area contributed by atoms with E-state index >= 15 is 0 Å². The van der Waals surface area contributed by atoms with Gasteiger partial charge in [0.25, 0.3) is 0 Å². The van der Waals surface area contributed by atoms with Gasteiger partial charge in [0.2, 0.25) is 0 Å². The maximum absolute atomic E-state index is 12.7. The summed E-state index contributed by atoms with van der Waals surface area (Å²) in [6.45, 7) is 0. The smallest absolute Gasteiger partial charge is 0.195 e. The van der Waals surface area contributed by atoms with Gasteiger partial charge in [0, 0.05) is 0 Å². The van der Waals surface area contributed by atoms with Crippen molar-refractivity contribution < 1.29 is 4.39 Å². The second-order valence-corrected chi connectivity index (χ2v) is 10.3. The topological polar surface area (TPSA) is 47.6 Å². The molecule has 0 unspecified atom stereocenters. The summed E-state index contributed by atoms with van der Waals surface area (Å²) < 4.78 is 12.7. The summed E-state index contributed by atoms with van der Waals surface area (Å²) in [4.78, 5) is 0. The molecule has 0 spiro atoms. The Morgan fingerprint density at radius 3 is 1.91 bits per heavy atom. The van der Waals surface area contributed by atoms with Crippen LogP contribution in [-0.4, -0.2) is 0 Å². The van der Waals surface area contributed by atoms with E-state index in [1.165, 1.54) is 101 Å². The monoisotopic (exact) mass is 446 g/mol. The molecule has 0 amide bonds. The van der Waals surface area contributed by atoms with Gasteiger partial charge >= 0.3 is 0 Å². The van der Waals surface area contributed by atoms with E-state index in [9.17, 15) is 4.39 Å². The van der Waals surface area contributed by atoms with Crippen LogP contribution in [0.4, 0.5) is 4.39 Å². The Hall–Kier alpha value is -2.39. The molecular weight excluding hydrogens is 407 g/mol. The van der Waals surface area contributed by atoms with Gasteiger partial charge in [-0.15, -0.1) is 0 Å². The zero-order valence-corrected chi connectivity index (χ0v) is 20.0. The molecule has 0 radical (unpaired) electrons. The lowest BCUT2D eigenvalue weighted by Gasteiger charge is -2.30. The maximum Gasteiger partial charge on any atom is 0.199 e. The fraction of sp³-hybridized carbons (Fsp3) is 0.600. The molecule has 3 heteroatoms. The van der Waals surface area contributed by atoms with Crippen molar-refractivity contribution in [3.63, 3.8) is 0 Å². The van der Waals surface area contributed by atoms with Gasteiger partial charge in [0.05, 0.1) is 11.6 Å². The molecule has 2 aliphatic rings. The Labute approximate surface area is 200 Å². The summed E-state index contributed by atoms with van der Waals surface area (Å²) in [7, 11) is 0. The lowest BCUT2D eigenvalue weighted by Crippen LogP contribution is -2.15. The molecule has 0 aliphatic heterocycles. The lowest BCUT2D eigenvalue weighted by atomic mass is 9.76. The minimum absolute atomic E-state index is 0.690. The molecule has 2 nitrogen and oxygen atoms in total. The summed E-state index contributed by atoms with van der Waals surface area (Å²) in [6.07, 6.45) is 23.5. The van der Waals surface area contributed by atoms with E-state index < -0.39 is 5.83 Å². The zero-order valence-electron chi connectivity index (χ0n) is 20.0. The third kappa shape index (κ3) is 8.81. The van der Waals surface area contributed by atoms with Crippen molar-refractivity contribution in [1.29, 1.82) is 10.5 Å². The van der Waals surface area contributed by atoms with Crippen molar-refractivity contribution in [2.24, 2.45) is 17.8 Å². The number of allylic oxidation sites excluding steroid dienone is 4. The molecule has 0 atom stereocenters. The third-order valence-corrected chi connectivity index (χ3v) is 8.03. The number of rotatable bonds is 10. The Bertz CT molecular complexity index is 839. The summed E-state index contributed by atoms with van der Waals surface area (Å²) in [5.41, 5.74) is 2.18. The average Bonchev–Trinajstić information content (AvgIpc) is 2.87. The Kier molecular flexibility index (Phi) is 10.7. The molecule has 176 valence electrons. The van der Waals surface area contributed by atoms with Crippen LogP contribution in [0.25, 0.3) is 0 Å². The molecule has 0 heterocycles. The van der Waals surface area contributed by atoms with Gasteiger partial charge in [0.15, 0.2) is 5.83 Å². The van der Waals surface area contributed by atoms with Gasteiger partial charge in [-0.05, 0) is 86.0 Å². The number of nitrogens with zero attached hydrogens (tertiary/aromatic N) is 2. The normalized spacial score (nSPS) is 26.1. The van der Waals surface area contributed by atoms with Crippen molar-refractivity contribution in [3.05, 3.63) is 59.4 Å². The second kappa shape index (κ2) is 14.0. The van der Waals surface area contributed by atoms with Crippen LogP contribution in [0.1, 0.15) is 107 Å². The van der Waals surface area contributed by atoms with Crippen LogP contribution in [0.5, 0.6) is 0 Å². The molecule has 0 saturated heterocycles. The van der Waals surface area contributed by atoms with Gasteiger partial charge in [-0.2, -0.15) is 14.9 Å². The van der Waals surface area contributed by atoms with Crippen LogP contribution >= 0.6 is 0 Å². The molecular formula is C30H39FN2. The number of halogens is 1. The summed E-state index contributed by atoms with van der Waals surface area (Å²) in [5.74, 6) is 2.64. The number of unbranched alkanes of at least 4 members (excludes halogenated alkanes) is 1. The Morgan fingerprint density at radius 1 is 0.818 bits per heavy atom. The van der Waals surface area contributed by atoms with Crippen LogP contribution < -0.4 is 0 Å². The van der Waals surface area contributed by atoms with Crippen LogP contribution in [0.3, 0.4) is 0 Å². The van der Waals surface area contributed by atoms with E-state index in [2.05, 4.69) is 18.2 Å². The van der Waals surface area contributed by atoms with Gasteiger partial charge < -0.3 is 0 Å². The van der Waals surface area contributed by atoms with Crippen molar-refractivity contribution in [3.8, 4) is 12.1 Å². The van der Waals surface area contributed by atoms with Crippen LogP contribution in [0.2, 0.25) is 0 Å². The number of hydrogen-bond acceptors (Lipinski definition) is 2. The molecule has 2 aliphatic carbocycles.